The van der Waals surface area contributed by atoms with Crippen LogP contribution in [-0.4, -0.2) is 19.7 Å². The molecular formula is C12H13N5. The molecule has 2 aromatic rings. The van der Waals surface area contributed by atoms with Crippen LogP contribution in [0.3, 0.4) is 0 Å². The first-order valence-corrected chi connectivity index (χ1v) is 5.60. The van der Waals surface area contributed by atoms with Crippen LogP contribution in [-0.2, 0) is 12.8 Å². The van der Waals surface area contributed by atoms with Crippen LogP contribution in [0, 0.1) is 11.3 Å². The summed E-state index contributed by atoms with van der Waals surface area (Å²) < 4.78 is 1.71. The molecule has 17 heavy (non-hydrogen) atoms. The normalized spacial score (nSPS) is 10.2. The van der Waals surface area contributed by atoms with Crippen molar-refractivity contribution in [3.05, 3.63) is 35.5 Å². The molecule has 0 saturated carbocycles. The van der Waals surface area contributed by atoms with Gasteiger partial charge in [-0.3, -0.25) is 0 Å². The molecule has 5 nitrogen and oxygen atoms in total. The van der Waals surface area contributed by atoms with Gasteiger partial charge < -0.3 is 0 Å². The Labute approximate surface area is 99.8 Å². The van der Waals surface area contributed by atoms with Gasteiger partial charge in [-0.05, 0) is 12.1 Å². The zero-order valence-electron chi connectivity index (χ0n) is 9.88. The van der Waals surface area contributed by atoms with Gasteiger partial charge in [-0.25, -0.2) is 9.97 Å². The summed E-state index contributed by atoms with van der Waals surface area (Å²) in [6.07, 6.45) is 1.57. The van der Waals surface area contributed by atoms with Crippen molar-refractivity contribution in [1.82, 2.24) is 19.7 Å². The molecule has 0 radical (unpaired) electrons. The van der Waals surface area contributed by atoms with Crippen molar-refractivity contribution in [2.75, 3.05) is 0 Å². The van der Waals surface area contributed by atoms with E-state index in [9.17, 15) is 0 Å². The van der Waals surface area contributed by atoms with Crippen molar-refractivity contribution in [2.45, 2.75) is 26.7 Å². The number of hydrogen-bond donors (Lipinski definition) is 0. The summed E-state index contributed by atoms with van der Waals surface area (Å²) in [5.74, 6) is 2.31. The number of hydrogen-bond acceptors (Lipinski definition) is 4. The molecule has 2 aromatic heterocycles. The summed E-state index contributed by atoms with van der Waals surface area (Å²) in [6, 6.07) is 7.32. The summed E-state index contributed by atoms with van der Waals surface area (Å²) >= 11 is 0. The Hall–Kier alpha value is -2.22. The summed E-state index contributed by atoms with van der Waals surface area (Å²) in [7, 11) is 0. The minimum atomic E-state index is 0.387. The highest BCUT2D eigenvalue weighted by molar-refractivity contribution is 5.30. The first-order valence-electron chi connectivity index (χ1n) is 5.60. The van der Waals surface area contributed by atoms with Crippen molar-refractivity contribution in [3.63, 3.8) is 0 Å². The van der Waals surface area contributed by atoms with Gasteiger partial charge in [0.2, 0.25) is 0 Å². The lowest BCUT2D eigenvalue weighted by molar-refractivity contribution is 0.768. The summed E-state index contributed by atoms with van der Waals surface area (Å²) in [4.78, 5) is 8.63. The number of rotatable bonds is 3. The zero-order valence-corrected chi connectivity index (χ0v) is 9.88. The Morgan fingerprint density at radius 1 is 1.24 bits per heavy atom. The Morgan fingerprint density at radius 2 is 2.06 bits per heavy atom. The van der Waals surface area contributed by atoms with Gasteiger partial charge in [-0.1, -0.05) is 19.9 Å². The number of nitrogens with zero attached hydrogens (tertiary/aromatic N) is 5. The smallest absolute Gasteiger partial charge is 0.157 e. The Kier molecular flexibility index (Phi) is 3.15. The van der Waals surface area contributed by atoms with E-state index in [0.29, 0.717) is 11.5 Å². The maximum Gasteiger partial charge on any atom is 0.157 e. The minimum Gasteiger partial charge on any atom is -0.218 e. The topological polar surface area (TPSA) is 67.4 Å². The zero-order chi connectivity index (χ0) is 12.3. The molecule has 2 rings (SSSR count). The lowest BCUT2D eigenvalue weighted by Gasteiger charge is -2.02. The lowest BCUT2D eigenvalue weighted by Crippen LogP contribution is -2.05. The van der Waals surface area contributed by atoms with E-state index in [0.717, 1.165) is 24.5 Å². The molecule has 0 bridgehead atoms. The van der Waals surface area contributed by atoms with Gasteiger partial charge in [-0.15, -0.1) is 5.10 Å². The fourth-order valence-corrected chi connectivity index (χ4v) is 1.56. The van der Waals surface area contributed by atoms with E-state index in [1.165, 1.54) is 0 Å². The van der Waals surface area contributed by atoms with Crippen LogP contribution in [0.4, 0.5) is 0 Å². The number of aryl methyl sites for hydroxylation is 2. The third-order valence-corrected chi connectivity index (χ3v) is 2.42. The predicted molar refractivity (Wildman–Crippen MR) is 62.6 cm³/mol. The number of nitriles is 1. The predicted octanol–water partition coefficient (Wildman–Crippen LogP) is 1.66. The third-order valence-electron chi connectivity index (χ3n) is 2.42. The standard InChI is InChI=1S/C12H13N5/c1-3-10-15-11(4-2)17(16-10)12-7-5-6-9(8-13)14-12/h5-7H,3-4H2,1-2H3. The van der Waals surface area contributed by atoms with Gasteiger partial charge in [0, 0.05) is 12.8 Å². The summed E-state index contributed by atoms with van der Waals surface area (Å²) in [5, 5.41) is 13.2. The lowest BCUT2D eigenvalue weighted by atomic mass is 10.3. The third kappa shape index (κ3) is 2.16. The molecule has 0 atom stereocenters. The Bertz CT molecular complexity index is 565. The molecular weight excluding hydrogens is 214 g/mol. The molecule has 2 heterocycles. The van der Waals surface area contributed by atoms with E-state index in [2.05, 4.69) is 15.1 Å². The molecule has 0 aliphatic heterocycles. The molecule has 0 N–H and O–H groups in total. The van der Waals surface area contributed by atoms with Crippen molar-refractivity contribution in [2.24, 2.45) is 0 Å². The maximum atomic E-state index is 8.83. The van der Waals surface area contributed by atoms with Gasteiger partial charge in [0.1, 0.15) is 17.6 Å². The van der Waals surface area contributed by atoms with E-state index in [-0.39, 0.29) is 0 Å². The van der Waals surface area contributed by atoms with Gasteiger partial charge >= 0.3 is 0 Å². The van der Waals surface area contributed by atoms with Crippen molar-refractivity contribution in [1.29, 1.82) is 5.26 Å². The van der Waals surface area contributed by atoms with Crippen molar-refractivity contribution < 1.29 is 0 Å². The highest BCUT2D eigenvalue weighted by Gasteiger charge is 2.10. The Morgan fingerprint density at radius 3 is 2.71 bits per heavy atom. The first kappa shape index (κ1) is 11.3. The second-order valence-corrected chi connectivity index (χ2v) is 3.56. The molecule has 86 valence electrons. The quantitative estimate of drug-likeness (QED) is 0.799. The average molecular weight is 227 g/mol. The molecule has 0 amide bonds. The summed E-state index contributed by atoms with van der Waals surface area (Å²) in [6.45, 7) is 4.03. The number of pyridine rings is 1. The van der Waals surface area contributed by atoms with Crippen LogP contribution >= 0.6 is 0 Å². The minimum absolute atomic E-state index is 0.387. The summed E-state index contributed by atoms with van der Waals surface area (Å²) in [5.41, 5.74) is 0.387. The maximum absolute atomic E-state index is 8.83. The van der Waals surface area contributed by atoms with Gasteiger partial charge in [0.05, 0.1) is 0 Å². The van der Waals surface area contributed by atoms with E-state index in [1.54, 1.807) is 16.8 Å². The second kappa shape index (κ2) is 4.74. The largest absolute Gasteiger partial charge is 0.218 e. The van der Waals surface area contributed by atoms with Crippen LogP contribution in [0.5, 0.6) is 0 Å². The van der Waals surface area contributed by atoms with Crippen LogP contribution in [0.15, 0.2) is 18.2 Å². The SMILES string of the molecule is CCc1nc(CC)n(-c2cccc(C#N)n2)n1. The fraction of sp³-hybridized carbons (Fsp3) is 0.333. The van der Waals surface area contributed by atoms with E-state index < -0.39 is 0 Å². The molecule has 0 aromatic carbocycles. The highest BCUT2D eigenvalue weighted by atomic mass is 15.4. The van der Waals surface area contributed by atoms with Gasteiger partial charge in [-0.2, -0.15) is 9.94 Å². The highest BCUT2D eigenvalue weighted by Crippen LogP contribution is 2.09. The molecule has 0 unspecified atom stereocenters. The monoisotopic (exact) mass is 227 g/mol. The van der Waals surface area contributed by atoms with Crippen LogP contribution in [0.2, 0.25) is 0 Å². The van der Waals surface area contributed by atoms with Crippen molar-refractivity contribution >= 4 is 0 Å². The first-order chi connectivity index (χ1) is 8.28. The average Bonchev–Trinajstić information content (AvgIpc) is 2.82. The van der Waals surface area contributed by atoms with Crippen molar-refractivity contribution in [3.8, 4) is 11.9 Å². The molecule has 0 aliphatic rings. The van der Waals surface area contributed by atoms with Gasteiger partial charge in [0.25, 0.3) is 0 Å². The Balaban J connectivity index is 2.51. The fourth-order valence-electron chi connectivity index (χ4n) is 1.56. The molecule has 5 heteroatoms. The van der Waals surface area contributed by atoms with Crippen LogP contribution < -0.4 is 0 Å². The van der Waals surface area contributed by atoms with Gasteiger partial charge in [0.15, 0.2) is 11.6 Å². The van der Waals surface area contributed by atoms with E-state index in [1.807, 2.05) is 26.0 Å². The second-order valence-electron chi connectivity index (χ2n) is 3.56. The molecule has 0 spiro atoms. The molecule has 0 fully saturated rings. The van der Waals surface area contributed by atoms with E-state index in [4.69, 9.17) is 5.26 Å². The molecule has 0 aliphatic carbocycles. The van der Waals surface area contributed by atoms with Crippen LogP contribution in [0.25, 0.3) is 5.82 Å². The van der Waals surface area contributed by atoms with Crippen LogP contribution in [0.1, 0.15) is 31.2 Å². The van der Waals surface area contributed by atoms with E-state index >= 15 is 0 Å². The number of aromatic nitrogens is 4. The molecule has 0 saturated heterocycles.